The van der Waals surface area contributed by atoms with Crippen LogP contribution in [0.25, 0.3) is 22.4 Å². The van der Waals surface area contributed by atoms with Gasteiger partial charge < -0.3 is 15.5 Å². The molecule has 2 aromatic heterocycles. The van der Waals surface area contributed by atoms with Crippen LogP contribution in [0.5, 0.6) is 0 Å². The standard InChI is InChI=1S/C27H35N5O3/c1-26(2,3)23(33)20-13-29-24-22(20)31-21(14-30-24)19-8-6-7-17(11-19)15-32-10-9-18(16-32)12-27(4,5)35-25(28)34/h6-8,11,13-14,18H,9-10,12,15-16H2,1-5H3,(H2,28,34)(H,29,30). The molecule has 8 nitrogen and oxygen atoms in total. The minimum Gasteiger partial charge on any atom is -0.444 e. The van der Waals surface area contributed by atoms with Crippen LogP contribution in [0.4, 0.5) is 4.79 Å². The SMILES string of the molecule is CC(C)(CC1CCN(Cc2cccc(-c3cnc4[nH]cc(C(=O)C(C)(C)C)c4n3)c2)C1)OC(N)=O. The van der Waals surface area contributed by atoms with E-state index in [1.54, 1.807) is 12.4 Å². The molecular weight excluding hydrogens is 442 g/mol. The lowest BCUT2D eigenvalue weighted by molar-refractivity contribution is 0.0273. The third-order valence-electron chi connectivity index (χ3n) is 6.46. The number of carbonyl (C=O) groups excluding carboxylic acids is 2. The second kappa shape index (κ2) is 9.41. The zero-order chi connectivity index (χ0) is 25.4. The average molecular weight is 478 g/mol. The number of ketones is 1. The molecule has 1 fully saturated rings. The molecule has 1 atom stereocenters. The number of rotatable bonds is 7. The number of aromatic nitrogens is 3. The Morgan fingerprint density at radius 3 is 2.71 bits per heavy atom. The largest absolute Gasteiger partial charge is 0.444 e. The van der Waals surface area contributed by atoms with Crippen LogP contribution in [0.2, 0.25) is 0 Å². The van der Waals surface area contributed by atoms with Gasteiger partial charge in [-0.3, -0.25) is 9.69 Å². The van der Waals surface area contributed by atoms with E-state index >= 15 is 0 Å². The number of nitrogens with one attached hydrogen (secondary N) is 1. The van der Waals surface area contributed by atoms with Gasteiger partial charge in [-0.05, 0) is 50.8 Å². The lowest BCUT2D eigenvalue weighted by Gasteiger charge is -2.27. The fourth-order valence-electron chi connectivity index (χ4n) is 4.93. The molecular formula is C27H35N5O3. The second-order valence-electron chi connectivity index (χ2n) is 11.2. The van der Waals surface area contributed by atoms with Crippen LogP contribution in [-0.4, -0.2) is 50.4 Å². The van der Waals surface area contributed by atoms with Crippen LogP contribution in [0, 0.1) is 11.3 Å². The van der Waals surface area contributed by atoms with Crippen molar-refractivity contribution in [2.24, 2.45) is 17.1 Å². The maximum atomic E-state index is 12.9. The number of amides is 1. The number of Topliss-reactive ketones (excluding diaryl/α,β-unsaturated/α-hetero) is 1. The fourth-order valence-corrected chi connectivity index (χ4v) is 4.93. The van der Waals surface area contributed by atoms with E-state index in [9.17, 15) is 9.59 Å². The molecule has 8 heteroatoms. The molecule has 0 bridgehead atoms. The fraction of sp³-hybridized carbons (Fsp3) is 0.481. The summed E-state index contributed by atoms with van der Waals surface area (Å²) >= 11 is 0. The number of likely N-dealkylation sites (tertiary alicyclic amines) is 1. The summed E-state index contributed by atoms with van der Waals surface area (Å²) in [5.74, 6) is 0.491. The molecule has 3 aromatic rings. The quantitative estimate of drug-likeness (QED) is 0.466. The Labute approximate surface area is 206 Å². The van der Waals surface area contributed by atoms with E-state index < -0.39 is 17.1 Å². The molecule has 3 heterocycles. The topological polar surface area (TPSA) is 114 Å². The number of nitrogens with zero attached hydrogens (tertiary/aromatic N) is 3. The number of fused-ring (bicyclic) bond motifs is 1. The summed E-state index contributed by atoms with van der Waals surface area (Å²) in [4.78, 5) is 38.9. The third kappa shape index (κ3) is 5.88. The van der Waals surface area contributed by atoms with Gasteiger partial charge in [0.2, 0.25) is 0 Å². The van der Waals surface area contributed by atoms with Gasteiger partial charge in [-0.25, -0.2) is 14.8 Å². The lowest BCUT2D eigenvalue weighted by atomic mass is 9.87. The first-order chi connectivity index (χ1) is 16.4. The Kier molecular flexibility index (Phi) is 6.68. The van der Waals surface area contributed by atoms with Gasteiger partial charge in [0.15, 0.2) is 11.4 Å². The van der Waals surface area contributed by atoms with E-state index in [0.717, 1.165) is 43.7 Å². The van der Waals surface area contributed by atoms with Crippen molar-refractivity contribution in [1.82, 2.24) is 19.9 Å². The normalized spacial score (nSPS) is 17.1. The van der Waals surface area contributed by atoms with Crippen molar-refractivity contribution in [2.45, 2.75) is 59.6 Å². The summed E-state index contributed by atoms with van der Waals surface area (Å²) in [6.07, 6.45) is 4.57. The number of nitrogens with two attached hydrogens (primary N) is 1. The average Bonchev–Trinajstić information content (AvgIpc) is 3.37. The summed E-state index contributed by atoms with van der Waals surface area (Å²) in [6.45, 7) is 12.3. The van der Waals surface area contributed by atoms with Crippen LogP contribution in [0.1, 0.15) is 63.4 Å². The van der Waals surface area contributed by atoms with Crippen molar-refractivity contribution >= 4 is 23.0 Å². The molecule has 4 rings (SSSR count). The highest BCUT2D eigenvalue weighted by Gasteiger charge is 2.31. The Balaban J connectivity index is 1.48. The van der Waals surface area contributed by atoms with Crippen molar-refractivity contribution in [1.29, 1.82) is 0 Å². The second-order valence-corrected chi connectivity index (χ2v) is 11.2. The Morgan fingerprint density at radius 1 is 1.23 bits per heavy atom. The van der Waals surface area contributed by atoms with Gasteiger partial charge >= 0.3 is 6.09 Å². The molecule has 0 saturated carbocycles. The van der Waals surface area contributed by atoms with Gasteiger partial charge in [0, 0.05) is 30.3 Å². The molecule has 1 saturated heterocycles. The number of benzene rings is 1. The van der Waals surface area contributed by atoms with Crippen LogP contribution in [0.3, 0.4) is 0 Å². The highest BCUT2D eigenvalue weighted by atomic mass is 16.6. The van der Waals surface area contributed by atoms with Gasteiger partial charge in [0.25, 0.3) is 0 Å². The zero-order valence-corrected chi connectivity index (χ0v) is 21.2. The molecule has 0 radical (unpaired) electrons. The Bertz CT molecular complexity index is 1240. The van der Waals surface area contributed by atoms with Crippen LogP contribution in [-0.2, 0) is 11.3 Å². The molecule has 1 aromatic carbocycles. The third-order valence-corrected chi connectivity index (χ3v) is 6.46. The molecule has 1 unspecified atom stereocenters. The van der Waals surface area contributed by atoms with Crippen molar-refractivity contribution < 1.29 is 14.3 Å². The molecule has 3 N–H and O–H groups in total. The van der Waals surface area contributed by atoms with E-state index in [1.165, 1.54) is 5.56 Å². The maximum Gasteiger partial charge on any atom is 0.405 e. The summed E-state index contributed by atoms with van der Waals surface area (Å²) in [5, 5.41) is 0. The first kappa shape index (κ1) is 24.9. The number of hydrogen-bond acceptors (Lipinski definition) is 6. The van der Waals surface area contributed by atoms with Gasteiger partial charge in [-0.15, -0.1) is 0 Å². The van der Waals surface area contributed by atoms with E-state index in [-0.39, 0.29) is 5.78 Å². The van der Waals surface area contributed by atoms with Gasteiger partial charge in [0.05, 0.1) is 17.5 Å². The van der Waals surface area contributed by atoms with E-state index in [1.807, 2.05) is 46.8 Å². The van der Waals surface area contributed by atoms with Crippen molar-refractivity contribution in [3.05, 3.63) is 47.8 Å². The zero-order valence-electron chi connectivity index (χ0n) is 21.2. The highest BCUT2D eigenvalue weighted by molar-refractivity contribution is 6.08. The number of H-pyrrole nitrogens is 1. The number of aromatic amines is 1. The highest BCUT2D eigenvalue weighted by Crippen LogP contribution is 2.30. The first-order valence-corrected chi connectivity index (χ1v) is 12.1. The van der Waals surface area contributed by atoms with Crippen molar-refractivity contribution in [2.75, 3.05) is 13.1 Å². The molecule has 1 amide bonds. The van der Waals surface area contributed by atoms with Gasteiger partial charge in [-0.2, -0.15) is 0 Å². The predicted octanol–water partition coefficient (Wildman–Crippen LogP) is 4.94. The lowest BCUT2D eigenvalue weighted by Crippen LogP contribution is -2.34. The van der Waals surface area contributed by atoms with Crippen LogP contribution >= 0.6 is 0 Å². The van der Waals surface area contributed by atoms with E-state index in [4.69, 9.17) is 15.5 Å². The summed E-state index contributed by atoms with van der Waals surface area (Å²) in [6, 6.07) is 8.31. The summed E-state index contributed by atoms with van der Waals surface area (Å²) in [5.41, 5.74) is 8.85. The van der Waals surface area contributed by atoms with Gasteiger partial charge in [0.1, 0.15) is 11.1 Å². The molecule has 0 aliphatic carbocycles. The number of primary amides is 1. The molecule has 1 aliphatic rings. The minimum atomic E-state index is -0.725. The van der Waals surface area contributed by atoms with Crippen molar-refractivity contribution in [3.63, 3.8) is 0 Å². The molecule has 186 valence electrons. The molecule has 1 aliphatic heterocycles. The molecule has 0 spiro atoms. The first-order valence-electron chi connectivity index (χ1n) is 12.1. The summed E-state index contributed by atoms with van der Waals surface area (Å²) < 4.78 is 5.27. The van der Waals surface area contributed by atoms with E-state index in [0.29, 0.717) is 22.6 Å². The number of hydrogen-bond donors (Lipinski definition) is 2. The monoisotopic (exact) mass is 477 g/mol. The molecule has 35 heavy (non-hydrogen) atoms. The summed E-state index contributed by atoms with van der Waals surface area (Å²) in [7, 11) is 0. The van der Waals surface area contributed by atoms with Crippen molar-refractivity contribution in [3.8, 4) is 11.3 Å². The predicted molar refractivity (Wildman–Crippen MR) is 136 cm³/mol. The Morgan fingerprint density at radius 2 is 2.00 bits per heavy atom. The number of ether oxygens (including phenoxy) is 1. The maximum absolute atomic E-state index is 12.9. The van der Waals surface area contributed by atoms with Crippen LogP contribution in [0.15, 0.2) is 36.7 Å². The Hall–Kier alpha value is -3.26. The number of carbonyl (C=O) groups is 2. The van der Waals surface area contributed by atoms with Gasteiger partial charge in [-0.1, -0.05) is 39.0 Å². The minimum absolute atomic E-state index is 0.0388. The smallest absolute Gasteiger partial charge is 0.405 e. The van der Waals surface area contributed by atoms with Crippen LogP contribution < -0.4 is 5.73 Å². The van der Waals surface area contributed by atoms with E-state index in [2.05, 4.69) is 27.0 Å².